The Morgan fingerprint density at radius 1 is 1.05 bits per heavy atom. The molecular weight excluding hydrogens is 234 g/mol. The number of benzene rings is 2. The van der Waals surface area contributed by atoms with E-state index < -0.39 is 6.10 Å². The number of aryl methyl sites for hydroxylation is 1. The zero-order chi connectivity index (χ0) is 13.4. The number of rotatable bonds is 3. The van der Waals surface area contributed by atoms with Crippen LogP contribution < -0.4 is 0 Å². The van der Waals surface area contributed by atoms with Gasteiger partial charge in [0.15, 0.2) is 0 Å². The van der Waals surface area contributed by atoms with E-state index >= 15 is 0 Å². The van der Waals surface area contributed by atoms with E-state index in [-0.39, 0.29) is 0 Å². The first kappa shape index (κ1) is 12.2. The number of aliphatic hydroxyl groups excluding tert-OH is 1. The van der Waals surface area contributed by atoms with E-state index in [0.717, 1.165) is 18.5 Å². The molecule has 1 atom stereocenters. The van der Waals surface area contributed by atoms with Gasteiger partial charge in [-0.25, -0.2) is 0 Å². The van der Waals surface area contributed by atoms with Gasteiger partial charge in [-0.15, -0.1) is 0 Å². The smallest absolute Gasteiger partial charge is 0.0762 e. The highest BCUT2D eigenvalue weighted by Crippen LogP contribution is 2.31. The van der Waals surface area contributed by atoms with Crippen LogP contribution in [0.15, 0.2) is 42.5 Å². The number of hydrogen-bond donors (Lipinski definition) is 1. The molecule has 0 amide bonds. The summed E-state index contributed by atoms with van der Waals surface area (Å²) in [7, 11) is 0. The lowest BCUT2D eigenvalue weighted by Crippen LogP contribution is -1.96. The highest BCUT2D eigenvalue weighted by molar-refractivity contribution is 6.08. The maximum atomic E-state index is 9.76. The van der Waals surface area contributed by atoms with E-state index in [2.05, 4.69) is 47.9 Å². The van der Waals surface area contributed by atoms with Crippen LogP contribution in [0, 0.1) is 0 Å². The van der Waals surface area contributed by atoms with Crippen LogP contribution in [-0.4, -0.2) is 9.67 Å². The lowest BCUT2D eigenvalue weighted by molar-refractivity contribution is 0.199. The van der Waals surface area contributed by atoms with Gasteiger partial charge in [0.05, 0.1) is 6.10 Å². The van der Waals surface area contributed by atoms with Crippen molar-refractivity contribution in [2.24, 2.45) is 0 Å². The van der Waals surface area contributed by atoms with Crippen LogP contribution in [0.2, 0.25) is 0 Å². The maximum absolute atomic E-state index is 9.76. The van der Waals surface area contributed by atoms with Crippen LogP contribution in [-0.2, 0) is 6.54 Å². The number of aliphatic hydroxyl groups is 1. The minimum absolute atomic E-state index is 0.419. The van der Waals surface area contributed by atoms with Crippen molar-refractivity contribution in [2.45, 2.75) is 32.9 Å². The molecule has 0 bridgehead atoms. The van der Waals surface area contributed by atoms with Crippen LogP contribution in [0.3, 0.4) is 0 Å². The first-order valence-electron chi connectivity index (χ1n) is 6.91. The molecule has 0 saturated carbocycles. The van der Waals surface area contributed by atoms with Gasteiger partial charge >= 0.3 is 0 Å². The monoisotopic (exact) mass is 253 g/mol. The van der Waals surface area contributed by atoms with Crippen molar-refractivity contribution in [1.29, 1.82) is 0 Å². The molecule has 0 aliphatic heterocycles. The molecule has 19 heavy (non-hydrogen) atoms. The SMILES string of the molecule is CCCn1c2ccccc2c2cc(C(C)O)ccc21. The van der Waals surface area contributed by atoms with Gasteiger partial charge in [-0.05, 0) is 37.1 Å². The quantitative estimate of drug-likeness (QED) is 0.741. The van der Waals surface area contributed by atoms with Gasteiger partial charge in [-0.1, -0.05) is 31.2 Å². The summed E-state index contributed by atoms with van der Waals surface area (Å²) in [5.74, 6) is 0. The van der Waals surface area contributed by atoms with E-state index in [9.17, 15) is 5.11 Å². The molecule has 2 heteroatoms. The molecule has 3 aromatic rings. The van der Waals surface area contributed by atoms with Crippen LogP contribution >= 0.6 is 0 Å². The van der Waals surface area contributed by atoms with Crippen molar-refractivity contribution in [3.05, 3.63) is 48.0 Å². The Bertz CT molecular complexity index is 725. The first-order valence-corrected chi connectivity index (χ1v) is 6.91. The molecule has 0 radical (unpaired) electrons. The molecule has 0 fully saturated rings. The topological polar surface area (TPSA) is 25.2 Å². The van der Waals surface area contributed by atoms with E-state index in [4.69, 9.17) is 0 Å². The molecule has 0 aliphatic carbocycles. The number of para-hydroxylation sites is 1. The van der Waals surface area contributed by atoms with E-state index in [1.54, 1.807) is 0 Å². The molecule has 1 heterocycles. The van der Waals surface area contributed by atoms with Crippen LogP contribution in [0.4, 0.5) is 0 Å². The predicted octanol–water partition coefficient (Wildman–Crippen LogP) is 4.26. The molecule has 98 valence electrons. The molecule has 1 N–H and O–H groups in total. The Labute approximate surface area is 113 Å². The second kappa shape index (κ2) is 4.71. The lowest BCUT2D eigenvalue weighted by Gasteiger charge is -2.07. The third-order valence-electron chi connectivity index (χ3n) is 3.73. The third-order valence-corrected chi connectivity index (χ3v) is 3.73. The lowest BCUT2D eigenvalue weighted by atomic mass is 10.1. The number of hydrogen-bond acceptors (Lipinski definition) is 1. The molecule has 1 aromatic heterocycles. The summed E-state index contributed by atoms with van der Waals surface area (Å²) in [6, 6.07) is 14.8. The number of aromatic nitrogens is 1. The Morgan fingerprint density at radius 2 is 1.79 bits per heavy atom. The molecule has 1 unspecified atom stereocenters. The highest BCUT2D eigenvalue weighted by Gasteiger charge is 2.11. The minimum atomic E-state index is -0.419. The van der Waals surface area contributed by atoms with Crippen LogP contribution in [0.5, 0.6) is 0 Å². The first-order chi connectivity index (χ1) is 9.22. The highest BCUT2D eigenvalue weighted by atomic mass is 16.3. The van der Waals surface area contributed by atoms with Gasteiger partial charge in [0.25, 0.3) is 0 Å². The minimum Gasteiger partial charge on any atom is -0.389 e. The second-order valence-electron chi connectivity index (χ2n) is 5.12. The summed E-state index contributed by atoms with van der Waals surface area (Å²) in [6.07, 6.45) is 0.698. The van der Waals surface area contributed by atoms with Crippen molar-refractivity contribution in [3.8, 4) is 0 Å². The molecular formula is C17H19NO. The van der Waals surface area contributed by atoms with E-state index in [0.29, 0.717) is 0 Å². The van der Waals surface area contributed by atoms with Gasteiger partial charge in [-0.3, -0.25) is 0 Å². The molecule has 0 aliphatic rings. The fourth-order valence-electron chi connectivity index (χ4n) is 2.80. The average Bonchev–Trinajstić information content (AvgIpc) is 2.74. The number of fused-ring (bicyclic) bond motifs is 3. The van der Waals surface area contributed by atoms with Gasteiger partial charge in [0, 0.05) is 28.4 Å². The van der Waals surface area contributed by atoms with Crippen LogP contribution in [0.25, 0.3) is 21.8 Å². The summed E-state index contributed by atoms with van der Waals surface area (Å²) >= 11 is 0. The Balaban J connectivity index is 2.38. The fourth-order valence-corrected chi connectivity index (χ4v) is 2.80. The zero-order valence-corrected chi connectivity index (χ0v) is 11.4. The third kappa shape index (κ3) is 1.92. The second-order valence-corrected chi connectivity index (χ2v) is 5.12. The predicted molar refractivity (Wildman–Crippen MR) is 80.4 cm³/mol. The van der Waals surface area contributed by atoms with Crippen molar-refractivity contribution < 1.29 is 5.11 Å². The molecule has 2 nitrogen and oxygen atoms in total. The Hall–Kier alpha value is -1.80. The molecule has 0 spiro atoms. The summed E-state index contributed by atoms with van der Waals surface area (Å²) in [6.45, 7) is 5.04. The van der Waals surface area contributed by atoms with Crippen LogP contribution in [0.1, 0.15) is 31.9 Å². The van der Waals surface area contributed by atoms with Crippen molar-refractivity contribution in [1.82, 2.24) is 4.57 Å². The Kier molecular flexibility index (Phi) is 3.03. The van der Waals surface area contributed by atoms with Crippen molar-refractivity contribution in [3.63, 3.8) is 0 Å². The summed E-state index contributed by atoms with van der Waals surface area (Å²) in [5.41, 5.74) is 3.52. The number of nitrogens with zero attached hydrogens (tertiary/aromatic N) is 1. The standard InChI is InChI=1S/C17H19NO/c1-3-10-18-16-7-5-4-6-14(16)15-11-13(12(2)19)8-9-17(15)18/h4-9,11-12,19H,3,10H2,1-2H3. The summed E-state index contributed by atoms with van der Waals surface area (Å²) in [5, 5.41) is 12.3. The van der Waals surface area contributed by atoms with Gasteiger partial charge in [0.2, 0.25) is 0 Å². The maximum Gasteiger partial charge on any atom is 0.0762 e. The fraction of sp³-hybridized carbons (Fsp3) is 0.294. The van der Waals surface area contributed by atoms with Gasteiger partial charge in [0.1, 0.15) is 0 Å². The zero-order valence-electron chi connectivity index (χ0n) is 11.4. The normalized spacial score (nSPS) is 13.2. The van der Waals surface area contributed by atoms with Gasteiger partial charge in [-0.2, -0.15) is 0 Å². The molecule has 3 rings (SSSR count). The van der Waals surface area contributed by atoms with E-state index in [1.807, 2.05) is 13.0 Å². The summed E-state index contributed by atoms with van der Waals surface area (Å²) in [4.78, 5) is 0. The van der Waals surface area contributed by atoms with Crippen molar-refractivity contribution in [2.75, 3.05) is 0 Å². The summed E-state index contributed by atoms with van der Waals surface area (Å²) < 4.78 is 2.37. The van der Waals surface area contributed by atoms with E-state index in [1.165, 1.54) is 21.8 Å². The largest absolute Gasteiger partial charge is 0.389 e. The molecule has 2 aromatic carbocycles. The Morgan fingerprint density at radius 3 is 2.53 bits per heavy atom. The van der Waals surface area contributed by atoms with Crippen molar-refractivity contribution >= 4 is 21.8 Å². The van der Waals surface area contributed by atoms with Gasteiger partial charge < -0.3 is 9.67 Å². The molecule has 0 saturated heterocycles. The average molecular weight is 253 g/mol.